The molecule has 0 aliphatic carbocycles. The van der Waals surface area contributed by atoms with Crippen molar-refractivity contribution < 1.29 is 4.79 Å². The van der Waals surface area contributed by atoms with Crippen LogP contribution in [0.15, 0.2) is 12.4 Å². The van der Waals surface area contributed by atoms with Crippen molar-refractivity contribution in [3.63, 3.8) is 0 Å². The smallest absolute Gasteiger partial charge is 0.283 e. The summed E-state index contributed by atoms with van der Waals surface area (Å²) in [6.45, 7) is 1.77. The van der Waals surface area contributed by atoms with Gasteiger partial charge in [-0.3, -0.25) is 10.2 Å². The number of aromatic nitrogens is 2. The Hall–Kier alpha value is -1.49. The molecule has 5 nitrogen and oxygen atoms in total. The number of hydrazine groups is 1. The van der Waals surface area contributed by atoms with E-state index in [1.165, 1.54) is 6.33 Å². The lowest BCUT2D eigenvalue weighted by Gasteiger charge is -1.97. The molecular formula is C6H8N4O. The first-order valence-corrected chi connectivity index (χ1v) is 3.03. The van der Waals surface area contributed by atoms with E-state index in [0.29, 0.717) is 0 Å². The lowest BCUT2D eigenvalue weighted by atomic mass is 10.3. The molecule has 1 heterocycles. The molecule has 0 aliphatic heterocycles. The maximum Gasteiger partial charge on any atom is 0.283 e. The number of aryl methyl sites for hydroxylation is 1. The number of hydrogen-bond donors (Lipinski definition) is 2. The predicted molar refractivity (Wildman–Crippen MR) is 38.4 cm³/mol. The maximum absolute atomic E-state index is 10.8. The maximum atomic E-state index is 10.8. The van der Waals surface area contributed by atoms with Crippen LogP contribution in [0.3, 0.4) is 0 Å². The molecule has 11 heavy (non-hydrogen) atoms. The van der Waals surface area contributed by atoms with Crippen molar-refractivity contribution in [3.05, 3.63) is 23.8 Å². The number of hydrogen-bond acceptors (Lipinski definition) is 4. The van der Waals surface area contributed by atoms with E-state index in [2.05, 4.69) is 9.97 Å². The quantitative estimate of drug-likeness (QED) is 0.319. The first-order chi connectivity index (χ1) is 5.24. The zero-order valence-corrected chi connectivity index (χ0v) is 6.03. The Kier molecular flexibility index (Phi) is 2.12. The van der Waals surface area contributed by atoms with Gasteiger partial charge in [0.1, 0.15) is 12.0 Å². The van der Waals surface area contributed by atoms with Gasteiger partial charge < -0.3 is 0 Å². The molecule has 0 saturated carbocycles. The zero-order valence-electron chi connectivity index (χ0n) is 6.03. The summed E-state index contributed by atoms with van der Waals surface area (Å²) in [6, 6.07) is 1.56. The summed E-state index contributed by atoms with van der Waals surface area (Å²) in [6.07, 6.45) is 1.32. The molecule has 0 fully saturated rings. The van der Waals surface area contributed by atoms with E-state index in [1.54, 1.807) is 13.0 Å². The minimum absolute atomic E-state index is 0.278. The van der Waals surface area contributed by atoms with Crippen LogP contribution in [0.1, 0.15) is 16.2 Å². The van der Waals surface area contributed by atoms with Gasteiger partial charge >= 0.3 is 0 Å². The molecule has 0 spiro atoms. The highest BCUT2D eigenvalue weighted by atomic mass is 16.2. The van der Waals surface area contributed by atoms with Gasteiger partial charge in [-0.15, -0.1) is 0 Å². The number of carbonyl (C=O) groups excluding carboxylic acids is 1. The van der Waals surface area contributed by atoms with E-state index < -0.39 is 5.91 Å². The minimum Gasteiger partial charge on any atom is -0.289 e. The van der Waals surface area contributed by atoms with Gasteiger partial charge in [-0.25, -0.2) is 15.8 Å². The third-order valence-electron chi connectivity index (χ3n) is 1.17. The number of nitrogens with two attached hydrogens (primary N) is 1. The lowest BCUT2D eigenvalue weighted by molar-refractivity contribution is 0.0948. The fourth-order valence-corrected chi connectivity index (χ4v) is 0.653. The summed E-state index contributed by atoms with van der Waals surface area (Å²) in [5, 5.41) is 0. The van der Waals surface area contributed by atoms with Gasteiger partial charge in [0.15, 0.2) is 0 Å². The van der Waals surface area contributed by atoms with Gasteiger partial charge in [0.25, 0.3) is 5.91 Å². The monoisotopic (exact) mass is 152 g/mol. The van der Waals surface area contributed by atoms with E-state index >= 15 is 0 Å². The van der Waals surface area contributed by atoms with Gasteiger partial charge in [0.05, 0.1) is 0 Å². The highest BCUT2D eigenvalue weighted by Gasteiger charge is 2.03. The highest BCUT2D eigenvalue weighted by molar-refractivity contribution is 5.91. The molecule has 0 aromatic carbocycles. The summed E-state index contributed by atoms with van der Waals surface area (Å²) < 4.78 is 0. The first-order valence-electron chi connectivity index (χ1n) is 3.03. The average molecular weight is 152 g/mol. The van der Waals surface area contributed by atoms with E-state index in [9.17, 15) is 4.79 Å². The summed E-state index contributed by atoms with van der Waals surface area (Å²) in [4.78, 5) is 18.4. The van der Waals surface area contributed by atoms with Crippen LogP contribution in [0.5, 0.6) is 0 Å². The molecule has 1 aromatic rings. The molecule has 1 rings (SSSR count). The molecule has 1 amide bonds. The molecule has 0 unspecified atom stereocenters. The number of nitrogens with one attached hydrogen (secondary N) is 1. The third kappa shape index (κ3) is 1.71. The van der Waals surface area contributed by atoms with Crippen molar-refractivity contribution >= 4 is 5.91 Å². The number of carbonyl (C=O) groups is 1. The summed E-state index contributed by atoms with van der Waals surface area (Å²) in [7, 11) is 0. The van der Waals surface area contributed by atoms with Crippen LogP contribution in [0.25, 0.3) is 0 Å². The highest BCUT2D eigenvalue weighted by Crippen LogP contribution is 1.94. The Morgan fingerprint density at radius 3 is 2.91 bits per heavy atom. The predicted octanol–water partition coefficient (Wildman–Crippen LogP) is -0.611. The number of rotatable bonds is 1. The van der Waals surface area contributed by atoms with Gasteiger partial charge in [0, 0.05) is 5.69 Å². The van der Waals surface area contributed by atoms with Crippen LogP contribution >= 0.6 is 0 Å². The van der Waals surface area contributed by atoms with Gasteiger partial charge in [-0.05, 0) is 13.0 Å². The SMILES string of the molecule is Cc1cc(C(=O)NN)ncn1. The standard InChI is InChI=1S/C6H8N4O/c1-4-2-5(6(11)10-7)9-3-8-4/h2-3H,7H2,1H3,(H,10,11). The minimum atomic E-state index is -0.407. The van der Waals surface area contributed by atoms with Gasteiger partial charge in [-0.1, -0.05) is 0 Å². The van der Waals surface area contributed by atoms with Crippen molar-refractivity contribution in [2.75, 3.05) is 0 Å². The summed E-state index contributed by atoms with van der Waals surface area (Å²) in [5.74, 6) is 4.49. The third-order valence-corrected chi connectivity index (χ3v) is 1.17. The Morgan fingerprint density at radius 2 is 2.36 bits per heavy atom. The van der Waals surface area contributed by atoms with Crippen LogP contribution in [-0.2, 0) is 0 Å². The Bertz CT molecular complexity index is 273. The molecule has 1 aromatic heterocycles. The lowest BCUT2D eigenvalue weighted by Crippen LogP contribution is -2.30. The van der Waals surface area contributed by atoms with Crippen molar-refractivity contribution in [2.24, 2.45) is 5.84 Å². The second-order valence-corrected chi connectivity index (χ2v) is 2.02. The van der Waals surface area contributed by atoms with Crippen LogP contribution in [0, 0.1) is 6.92 Å². The second kappa shape index (κ2) is 3.07. The molecule has 0 bridgehead atoms. The fraction of sp³-hybridized carbons (Fsp3) is 0.167. The Labute approximate surface area is 63.6 Å². The normalized spacial score (nSPS) is 9.27. The molecule has 0 atom stereocenters. The molecular weight excluding hydrogens is 144 g/mol. The Morgan fingerprint density at radius 1 is 1.64 bits per heavy atom. The van der Waals surface area contributed by atoms with E-state index in [4.69, 9.17) is 5.84 Å². The zero-order chi connectivity index (χ0) is 8.27. The summed E-state index contributed by atoms with van der Waals surface area (Å²) >= 11 is 0. The van der Waals surface area contributed by atoms with Crippen LogP contribution < -0.4 is 11.3 Å². The van der Waals surface area contributed by atoms with E-state index in [-0.39, 0.29) is 5.69 Å². The van der Waals surface area contributed by atoms with Crippen molar-refractivity contribution in [3.8, 4) is 0 Å². The van der Waals surface area contributed by atoms with Crippen molar-refractivity contribution in [2.45, 2.75) is 6.92 Å². The van der Waals surface area contributed by atoms with Crippen LogP contribution in [0.4, 0.5) is 0 Å². The summed E-state index contributed by atoms with van der Waals surface area (Å²) in [5.41, 5.74) is 2.99. The fourth-order valence-electron chi connectivity index (χ4n) is 0.653. The average Bonchev–Trinajstić information content (AvgIpc) is 2.03. The Balaban J connectivity index is 2.96. The van der Waals surface area contributed by atoms with Crippen LogP contribution in [-0.4, -0.2) is 15.9 Å². The van der Waals surface area contributed by atoms with Crippen molar-refractivity contribution in [1.29, 1.82) is 0 Å². The number of amides is 1. The molecule has 3 N–H and O–H groups in total. The molecule has 5 heteroatoms. The molecule has 58 valence electrons. The molecule has 0 radical (unpaired) electrons. The first kappa shape index (κ1) is 7.62. The second-order valence-electron chi connectivity index (χ2n) is 2.02. The van der Waals surface area contributed by atoms with E-state index in [0.717, 1.165) is 5.69 Å². The largest absolute Gasteiger partial charge is 0.289 e. The van der Waals surface area contributed by atoms with Crippen molar-refractivity contribution in [1.82, 2.24) is 15.4 Å². The van der Waals surface area contributed by atoms with Gasteiger partial charge in [-0.2, -0.15) is 0 Å². The number of nitrogens with zero attached hydrogens (tertiary/aromatic N) is 2. The van der Waals surface area contributed by atoms with E-state index in [1.807, 2.05) is 5.43 Å². The molecule has 0 saturated heterocycles. The molecule has 0 aliphatic rings. The topological polar surface area (TPSA) is 80.9 Å². The van der Waals surface area contributed by atoms with Gasteiger partial charge in [0.2, 0.25) is 0 Å². The van der Waals surface area contributed by atoms with Crippen LogP contribution in [0.2, 0.25) is 0 Å². The number of nitrogen functional groups attached to an aromatic ring is 1.